The number of hydrogen-bond acceptors (Lipinski definition) is 4. The summed E-state index contributed by atoms with van der Waals surface area (Å²) in [6.45, 7) is 13.0. The number of urea groups is 1. The molecule has 0 aliphatic carbocycles. The van der Waals surface area contributed by atoms with E-state index in [9.17, 15) is 14.9 Å². The van der Waals surface area contributed by atoms with E-state index >= 15 is 0 Å². The summed E-state index contributed by atoms with van der Waals surface area (Å²) >= 11 is 3.41. The Hall–Kier alpha value is -2.59. The van der Waals surface area contributed by atoms with Crippen LogP contribution in [0, 0.1) is 11.3 Å². The number of methoxy groups -OCH3 is 1. The highest BCUT2D eigenvalue weighted by Gasteiger charge is 2.34. The molecule has 0 bridgehead atoms. The van der Waals surface area contributed by atoms with Crippen LogP contribution in [0.2, 0.25) is 0 Å². The van der Waals surface area contributed by atoms with E-state index in [2.05, 4.69) is 28.6 Å². The SMILES string of the molecule is C=C(C)N(C(N)=O)C(C(C(=O)OC)=C(C)C)c1ccc(C#N)cc1CCBr.CC. The summed E-state index contributed by atoms with van der Waals surface area (Å²) in [6, 6.07) is 5.72. The van der Waals surface area contributed by atoms with Gasteiger partial charge in [0.05, 0.1) is 30.4 Å². The Morgan fingerprint density at radius 3 is 2.28 bits per heavy atom. The van der Waals surface area contributed by atoms with Gasteiger partial charge in [-0.25, -0.2) is 9.59 Å². The zero-order valence-corrected chi connectivity index (χ0v) is 19.6. The van der Waals surface area contributed by atoms with Crippen molar-refractivity contribution in [1.82, 2.24) is 4.90 Å². The maximum Gasteiger partial charge on any atom is 0.336 e. The highest BCUT2D eigenvalue weighted by Crippen LogP contribution is 2.36. The zero-order valence-electron chi connectivity index (χ0n) is 18.0. The number of benzene rings is 1. The minimum atomic E-state index is -0.806. The molecule has 1 aromatic rings. The zero-order chi connectivity index (χ0) is 22.7. The van der Waals surface area contributed by atoms with Gasteiger partial charge >= 0.3 is 12.0 Å². The van der Waals surface area contributed by atoms with Crippen molar-refractivity contribution in [3.05, 3.63) is 58.3 Å². The molecule has 6 nitrogen and oxygen atoms in total. The van der Waals surface area contributed by atoms with E-state index in [-0.39, 0.29) is 0 Å². The van der Waals surface area contributed by atoms with Crippen molar-refractivity contribution in [1.29, 1.82) is 5.26 Å². The lowest BCUT2D eigenvalue weighted by Crippen LogP contribution is -2.40. The van der Waals surface area contributed by atoms with Gasteiger partial charge < -0.3 is 10.5 Å². The van der Waals surface area contributed by atoms with Crippen molar-refractivity contribution >= 4 is 27.9 Å². The number of aryl methyl sites for hydroxylation is 1. The Morgan fingerprint density at radius 2 is 1.90 bits per heavy atom. The van der Waals surface area contributed by atoms with Crippen LogP contribution in [0.4, 0.5) is 4.79 Å². The van der Waals surface area contributed by atoms with Gasteiger partial charge in [0.1, 0.15) is 0 Å². The van der Waals surface area contributed by atoms with E-state index in [4.69, 9.17) is 10.5 Å². The number of primary amides is 1. The van der Waals surface area contributed by atoms with Gasteiger partial charge in [-0.1, -0.05) is 48.0 Å². The van der Waals surface area contributed by atoms with Crippen LogP contribution in [-0.2, 0) is 16.0 Å². The second-order valence-corrected chi connectivity index (χ2v) is 7.01. The molecule has 1 aromatic carbocycles. The number of rotatable bonds is 7. The average Bonchev–Trinajstić information content (AvgIpc) is 2.68. The summed E-state index contributed by atoms with van der Waals surface area (Å²) in [5, 5.41) is 9.87. The number of ether oxygens (including phenoxy) is 1. The summed E-state index contributed by atoms with van der Waals surface area (Å²) < 4.78 is 4.96. The third-order valence-electron chi connectivity index (χ3n) is 4.05. The number of halogens is 1. The van der Waals surface area contributed by atoms with Crippen molar-refractivity contribution < 1.29 is 14.3 Å². The topological polar surface area (TPSA) is 96.4 Å². The van der Waals surface area contributed by atoms with Gasteiger partial charge in [-0.2, -0.15) is 5.26 Å². The van der Waals surface area contributed by atoms with Crippen LogP contribution in [0.25, 0.3) is 0 Å². The van der Waals surface area contributed by atoms with Gasteiger partial charge in [-0.15, -0.1) is 0 Å². The first-order chi connectivity index (χ1) is 13.7. The summed E-state index contributed by atoms with van der Waals surface area (Å²) in [5.74, 6) is -0.554. The largest absolute Gasteiger partial charge is 0.466 e. The summed E-state index contributed by atoms with van der Waals surface area (Å²) in [5.41, 5.74) is 9.02. The highest BCUT2D eigenvalue weighted by molar-refractivity contribution is 9.09. The van der Waals surface area contributed by atoms with E-state index in [0.29, 0.717) is 39.7 Å². The van der Waals surface area contributed by atoms with Crippen LogP contribution in [0.5, 0.6) is 0 Å². The molecule has 2 N–H and O–H groups in total. The lowest BCUT2D eigenvalue weighted by Gasteiger charge is -2.33. The van der Waals surface area contributed by atoms with E-state index in [1.54, 1.807) is 39.0 Å². The minimum Gasteiger partial charge on any atom is -0.466 e. The molecule has 0 aliphatic rings. The highest BCUT2D eigenvalue weighted by atomic mass is 79.9. The van der Waals surface area contributed by atoms with Gasteiger partial charge in [-0.05, 0) is 50.5 Å². The fraction of sp³-hybridized carbons (Fsp3) is 0.409. The number of nitrogens with two attached hydrogens (primary N) is 1. The number of hydrogen-bond donors (Lipinski definition) is 1. The maximum absolute atomic E-state index is 12.6. The Morgan fingerprint density at radius 1 is 1.31 bits per heavy atom. The first-order valence-electron chi connectivity index (χ1n) is 9.28. The van der Waals surface area contributed by atoms with Gasteiger partial charge in [0.15, 0.2) is 0 Å². The molecule has 7 heteroatoms. The molecule has 1 rings (SSSR count). The molecular weight excluding hydrogens is 434 g/mol. The van der Waals surface area contributed by atoms with Gasteiger partial charge in [0.25, 0.3) is 0 Å². The molecule has 158 valence electrons. The van der Waals surface area contributed by atoms with Crippen molar-refractivity contribution in [3.8, 4) is 6.07 Å². The number of allylic oxidation sites excluding steroid dienone is 2. The van der Waals surface area contributed by atoms with Crippen LogP contribution in [-0.4, -0.2) is 29.3 Å². The Balaban J connectivity index is 0.00000379. The normalized spacial score (nSPS) is 10.6. The number of nitrogens with zero attached hydrogens (tertiary/aromatic N) is 2. The van der Waals surface area contributed by atoms with E-state index in [1.165, 1.54) is 12.0 Å². The second-order valence-electron chi connectivity index (χ2n) is 6.22. The first-order valence-corrected chi connectivity index (χ1v) is 10.4. The number of carbonyl (C=O) groups is 2. The number of carbonyl (C=O) groups excluding carboxylic acids is 2. The predicted molar refractivity (Wildman–Crippen MR) is 119 cm³/mol. The molecule has 0 aromatic heterocycles. The third-order valence-corrected chi connectivity index (χ3v) is 4.45. The van der Waals surface area contributed by atoms with Crippen LogP contribution < -0.4 is 5.73 Å². The molecule has 0 saturated carbocycles. The molecule has 0 heterocycles. The molecule has 0 fully saturated rings. The van der Waals surface area contributed by atoms with Crippen molar-refractivity contribution in [2.24, 2.45) is 5.73 Å². The summed E-state index contributed by atoms with van der Waals surface area (Å²) in [6.07, 6.45) is 0.599. The molecule has 0 radical (unpaired) electrons. The third kappa shape index (κ3) is 6.75. The molecular formula is C22H30BrN3O3. The number of nitriles is 1. The second kappa shape index (κ2) is 12.8. The van der Waals surface area contributed by atoms with E-state index in [1.807, 2.05) is 13.8 Å². The lowest BCUT2D eigenvalue weighted by atomic mass is 9.88. The van der Waals surface area contributed by atoms with E-state index in [0.717, 1.165) is 5.56 Å². The Labute approximate surface area is 182 Å². The molecule has 0 spiro atoms. The lowest BCUT2D eigenvalue weighted by molar-refractivity contribution is -0.136. The Bertz CT molecular complexity index is 807. The summed E-state index contributed by atoms with van der Waals surface area (Å²) in [7, 11) is 1.29. The molecule has 0 saturated heterocycles. The molecule has 29 heavy (non-hydrogen) atoms. The van der Waals surface area contributed by atoms with Gasteiger partial charge in [-0.3, -0.25) is 4.90 Å². The van der Waals surface area contributed by atoms with Crippen LogP contribution in [0.3, 0.4) is 0 Å². The standard InChI is InChI=1S/C20H24BrN3O3.C2H6/c1-12(2)17(19(25)27-5)18(24(13(3)4)20(23)26)16-7-6-14(11-22)10-15(16)8-9-21;1-2/h6-7,10,18H,3,8-9H2,1-2,4-5H3,(H2,23,26);1-2H3. The van der Waals surface area contributed by atoms with Crippen molar-refractivity contribution in [2.75, 3.05) is 12.4 Å². The van der Waals surface area contributed by atoms with Crippen molar-refractivity contribution in [3.63, 3.8) is 0 Å². The average molecular weight is 464 g/mol. The smallest absolute Gasteiger partial charge is 0.336 e. The number of alkyl halides is 1. The molecule has 1 atom stereocenters. The fourth-order valence-corrected chi connectivity index (χ4v) is 3.35. The van der Waals surface area contributed by atoms with Gasteiger partial charge in [0.2, 0.25) is 0 Å². The van der Waals surface area contributed by atoms with Crippen molar-refractivity contribution in [2.45, 2.75) is 47.1 Å². The number of amides is 2. The minimum absolute atomic E-state index is 0.305. The number of esters is 1. The predicted octanol–water partition coefficient (Wildman–Crippen LogP) is 4.99. The quantitative estimate of drug-likeness (QED) is 0.349. The van der Waals surface area contributed by atoms with E-state index < -0.39 is 18.0 Å². The van der Waals surface area contributed by atoms with Crippen LogP contribution >= 0.6 is 15.9 Å². The van der Waals surface area contributed by atoms with Gasteiger partial charge in [0, 0.05) is 11.0 Å². The van der Waals surface area contributed by atoms with Crippen LogP contribution in [0.1, 0.15) is 57.4 Å². The maximum atomic E-state index is 12.6. The fourth-order valence-electron chi connectivity index (χ4n) is 2.92. The van der Waals surface area contributed by atoms with Crippen LogP contribution in [0.15, 0.2) is 41.6 Å². The Kier molecular flexibility index (Phi) is 11.6. The molecule has 0 aliphatic heterocycles. The molecule has 1 unspecified atom stereocenters. The first kappa shape index (κ1) is 26.4. The monoisotopic (exact) mass is 463 g/mol. The summed E-state index contributed by atoms with van der Waals surface area (Å²) in [4.78, 5) is 26.1. The molecule has 2 amide bonds.